The molecule has 0 aromatic rings. The number of carboxylic acids is 1. The second kappa shape index (κ2) is 8.38. The molecule has 0 fully saturated rings. The zero-order valence-corrected chi connectivity index (χ0v) is 12.5. The molecule has 0 aromatic heterocycles. The van der Waals surface area contributed by atoms with Crippen LogP contribution in [-0.2, 0) is 4.79 Å². The molecule has 0 aliphatic heterocycles. The van der Waals surface area contributed by atoms with Gasteiger partial charge in [0.25, 0.3) is 0 Å². The number of aliphatic carboxylic acids is 1. The van der Waals surface area contributed by atoms with Gasteiger partial charge in [0.2, 0.25) is 0 Å². The average molecular weight is 211 g/mol. The molecule has 0 saturated heterocycles. The summed E-state index contributed by atoms with van der Waals surface area (Å²) in [5.74, 6) is -0.971. The van der Waals surface area contributed by atoms with Crippen molar-refractivity contribution < 1.29 is 61.3 Å². The van der Waals surface area contributed by atoms with Crippen LogP contribution < -0.4 is 56.5 Å². The predicted octanol–water partition coefficient (Wildman–Crippen LogP) is -2.75. The molecule has 0 bridgehead atoms. The molecule has 72 valence electrons. The molecule has 0 heterocycles. The molecule has 0 aromatic carbocycles. The molecule has 0 atom stereocenters. The molecule has 13 heavy (non-hydrogen) atoms. The van der Waals surface area contributed by atoms with Crippen LogP contribution in [0.25, 0.3) is 0 Å². The first kappa shape index (κ1) is 16.5. The first-order valence-electron chi connectivity index (χ1n) is 4.40. The molecular weight excluding hydrogens is 193 g/mol. The van der Waals surface area contributed by atoms with E-state index >= 15 is 0 Å². The fraction of sp³-hybridized carbons (Fsp3) is 0.889. The largest absolute Gasteiger partial charge is 1.00 e. The Bertz CT molecular complexity index is 141. The molecule has 0 unspecified atom stereocenters. The Morgan fingerprint density at radius 1 is 1.23 bits per heavy atom. The first-order valence-corrected chi connectivity index (χ1v) is 4.40. The van der Waals surface area contributed by atoms with Crippen molar-refractivity contribution in [3.05, 3.63) is 0 Å². The van der Waals surface area contributed by atoms with E-state index in [-0.39, 0.29) is 57.8 Å². The van der Waals surface area contributed by atoms with E-state index < -0.39 is 5.97 Å². The van der Waals surface area contributed by atoms with Gasteiger partial charge in [-0.25, -0.2) is 0 Å². The van der Waals surface area contributed by atoms with Crippen molar-refractivity contribution in [2.75, 3.05) is 6.54 Å². The van der Waals surface area contributed by atoms with Crippen LogP contribution in [0, 0.1) is 0 Å². The van der Waals surface area contributed by atoms with Crippen LogP contribution in [0.15, 0.2) is 0 Å². The van der Waals surface area contributed by atoms with Gasteiger partial charge < -0.3 is 9.90 Å². The number of carbonyl (C=O) groups excluding carboxylic acids is 1. The zero-order valence-electron chi connectivity index (χ0n) is 9.33. The van der Waals surface area contributed by atoms with Gasteiger partial charge >= 0.3 is 51.4 Å². The van der Waals surface area contributed by atoms with Gasteiger partial charge in [0, 0.05) is 24.6 Å². The fourth-order valence-electron chi connectivity index (χ4n) is 1.33. The van der Waals surface area contributed by atoms with Gasteiger partial charge in [-0.1, -0.05) is 0 Å². The van der Waals surface area contributed by atoms with Crippen molar-refractivity contribution in [3.8, 4) is 0 Å². The summed E-state index contributed by atoms with van der Waals surface area (Å²) in [7, 11) is 0. The van der Waals surface area contributed by atoms with Crippen molar-refractivity contribution in [3.63, 3.8) is 0 Å². The van der Waals surface area contributed by atoms with Crippen molar-refractivity contribution in [1.82, 2.24) is 4.90 Å². The molecule has 0 aliphatic carbocycles. The fourth-order valence-corrected chi connectivity index (χ4v) is 1.33. The standard InChI is InChI=1S/C9H19NO2.K/c1-7(2)10(8(3)4)6-5-9(11)12;/h7-8H,5-6H2,1-4H3,(H,11,12);/q;+1/p-1. The van der Waals surface area contributed by atoms with Gasteiger partial charge in [0.15, 0.2) is 0 Å². The van der Waals surface area contributed by atoms with E-state index in [1.54, 1.807) is 0 Å². The summed E-state index contributed by atoms with van der Waals surface area (Å²) < 4.78 is 0. The van der Waals surface area contributed by atoms with E-state index in [0.29, 0.717) is 18.6 Å². The minimum Gasteiger partial charge on any atom is -0.550 e. The third-order valence-corrected chi connectivity index (χ3v) is 1.90. The predicted molar refractivity (Wildman–Crippen MR) is 46.6 cm³/mol. The van der Waals surface area contributed by atoms with Gasteiger partial charge in [-0.3, -0.25) is 4.90 Å². The number of carboxylic acid groups (broad SMARTS) is 1. The Kier molecular flexibility index (Phi) is 10.6. The van der Waals surface area contributed by atoms with Crippen LogP contribution in [0.1, 0.15) is 34.1 Å². The molecule has 3 nitrogen and oxygen atoms in total. The zero-order chi connectivity index (χ0) is 9.72. The van der Waals surface area contributed by atoms with Crippen molar-refractivity contribution >= 4 is 5.97 Å². The van der Waals surface area contributed by atoms with E-state index in [1.165, 1.54) is 0 Å². The van der Waals surface area contributed by atoms with Crippen LogP contribution >= 0.6 is 0 Å². The van der Waals surface area contributed by atoms with E-state index in [2.05, 4.69) is 32.6 Å². The minimum atomic E-state index is -0.971. The molecule has 0 N–H and O–H groups in total. The molecule has 0 saturated carbocycles. The monoisotopic (exact) mass is 211 g/mol. The second-order valence-electron chi connectivity index (χ2n) is 3.55. The van der Waals surface area contributed by atoms with Crippen LogP contribution in [0.2, 0.25) is 0 Å². The average Bonchev–Trinajstić information content (AvgIpc) is 1.84. The summed E-state index contributed by atoms with van der Waals surface area (Å²) in [4.78, 5) is 12.3. The summed E-state index contributed by atoms with van der Waals surface area (Å²) in [5, 5.41) is 10.2. The minimum absolute atomic E-state index is 0. The Labute approximate surface area is 123 Å². The SMILES string of the molecule is CC(C)N(CCC(=O)[O-])C(C)C.[K+]. The maximum Gasteiger partial charge on any atom is 1.00 e. The molecule has 0 rings (SSSR count). The van der Waals surface area contributed by atoms with Crippen molar-refractivity contribution in [2.45, 2.75) is 46.2 Å². The molecular formula is C9H18KNO2. The normalized spacial score (nSPS) is 10.7. The number of hydrogen-bond donors (Lipinski definition) is 0. The Morgan fingerprint density at radius 3 is 1.85 bits per heavy atom. The smallest absolute Gasteiger partial charge is 0.550 e. The summed E-state index contributed by atoms with van der Waals surface area (Å²) in [6.45, 7) is 8.84. The summed E-state index contributed by atoms with van der Waals surface area (Å²) >= 11 is 0. The first-order chi connectivity index (χ1) is 5.45. The number of rotatable bonds is 5. The maximum absolute atomic E-state index is 10.2. The summed E-state index contributed by atoms with van der Waals surface area (Å²) in [6, 6.07) is 0.786. The van der Waals surface area contributed by atoms with Gasteiger partial charge in [-0.15, -0.1) is 0 Å². The number of hydrogen-bond acceptors (Lipinski definition) is 3. The van der Waals surface area contributed by atoms with Crippen molar-refractivity contribution in [1.29, 1.82) is 0 Å². The topological polar surface area (TPSA) is 43.4 Å². The third kappa shape index (κ3) is 8.09. The molecule has 0 radical (unpaired) electrons. The second-order valence-corrected chi connectivity index (χ2v) is 3.55. The quantitative estimate of drug-likeness (QED) is 0.463. The van der Waals surface area contributed by atoms with Crippen LogP contribution in [0.3, 0.4) is 0 Å². The maximum atomic E-state index is 10.2. The van der Waals surface area contributed by atoms with Gasteiger partial charge in [-0.2, -0.15) is 0 Å². The summed E-state index contributed by atoms with van der Waals surface area (Å²) in [6.07, 6.45) is 0.121. The molecule has 0 aliphatic rings. The van der Waals surface area contributed by atoms with E-state index in [4.69, 9.17) is 0 Å². The molecule has 4 heteroatoms. The third-order valence-electron chi connectivity index (χ3n) is 1.90. The Morgan fingerprint density at radius 2 is 1.62 bits per heavy atom. The van der Waals surface area contributed by atoms with E-state index in [1.807, 2.05) is 0 Å². The van der Waals surface area contributed by atoms with Crippen LogP contribution in [0.5, 0.6) is 0 Å². The van der Waals surface area contributed by atoms with Gasteiger partial charge in [0.1, 0.15) is 0 Å². The Balaban J connectivity index is 0. The van der Waals surface area contributed by atoms with Crippen molar-refractivity contribution in [2.24, 2.45) is 0 Å². The van der Waals surface area contributed by atoms with Crippen LogP contribution in [-0.4, -0.2) is 29.5 Å². The molecule has 0 amide bonds. The Hall–Kier alpha value is 1.07. The van der Waals surface area contributed by atoms with Gasteiger partial charge in [0.05, 0.1) is 0 Å². The van der Waals surface area contributed by atoms with E-state index in [0.717, 1.165) is 0 Å². The summed E-state index contributed by atoms with van der Waals surface area (Å²) in [5.41, 5.74) is 0. The van der Waals surface area contributed by atoms with Crippen LogP contribution in [0.4, 0.5) is 0 Å². The number of carbonyl (C=O) groups is 1. The number of nitrogens with zero attached hydrogens (tertiary/aromatic N) is 1. The van der Waals surface area contributed by atoms with Gasteiger partial charge in [-0.05, 0) is 34.1 Å². The molecule has 0 spiro atoms. The van der Waals surface area contributed by atoms with E-state index in [9.17, 15) is 9.90 Å².